The summed E-state index contributed by atoms with van der Waals surface area (Å²) in [6, 6.07) is 5.61. The van der Waals surface area contributed by atoms with Crippen molar-refractivity contribution in [2.24, 2.45) is 0 Å². The van der Waals surface area contributed by atoms with Crippen LogP contribution in [0.3, 0.4) is 0 Å². The van der Waals surface area contributed by atoms with Gasteiger partial charge in [0, 0.05) is 11.6 Å². The molecule has 0 aliphatic heterocycles. The van der Waals surface area contributed by atoms with E-state index in [0.29, 0.717) is 0 Å². The molecule has 0 atom stereocenters. The number of H-pyrrole nitrogens is 2. The molecule has 0 radical (unpaired) electrons. The number of hydrogen-bond donors (Lipinski definition) is 2. The highest BCUT2D eigenvalue weighted by Gasteiger charge is 2.33. The summed E-state index contributed by atoms with van der Waals surface area (Å²) in [5.74, 6) is 0. The van der Waals surface area contributed by atoms with E-state index < -0.39 is 23.0 Å². The average Bonchev–Trinajstić information content (AvgIpc) is 2.26. The number of alkyl halides is 3. The molecule has 0 amide bonds. The molecule has 1 heterocycles. The highest BCUT2D eigenvalue weighted by molar-refractivity contribution is 5.63. The Bertz CT molecular complexity index is 657. The fourth-order valence-corrected chi connectivity index (χ4v) is 1.58. The lowest BCUT2D eigenvalue weighted by Gasteiger charge is -2.11. The van der Waals surface area contributed by atoms with Gasteiger partial charge in [-0.15, -0.1) is 0 Å². The van der Waals surface area contributed by atoms with Crippen LogP contribution in [0.15, 0.2) is 39.9 Å². The Kier molecular flexibility index (Phi) is 2.82. The fourth-order valence-electron chi connectivity index (χ4n) is 1.58. The van der Waals surface area contributed by atoms with Crippen molar-refractivity contribution in [2.45, 2.75) is 6.18 Å². The van der Waals surface area contributed by atoms with Crippen LogP contribution in [0.4, 0.5) is 13.2 Å². The quantitative estimate of drug-likeness (QED) is 0.816. The summed E-state index contributed by atoms with van der Waals surface area (Å²) in [5.41, 5.74) is -2.93. The first-order valence-electron chi connectivity index (χ1n) is 4.88. The third-order valence-corrected chi connectivity index (χ3v) is 2.28. The molecule has 0 saturated carbocycles. The van der Waals surface area contributed by atoms with E-state index in [4.69, 9.17) is 0 Å². The van der Waals surface area contributed by atoms with Crippen LogP contribution >= 0.6 is 0 Å². The number of aromatic nitrogens is 2. The minimum Gasteiger partial charge on any atom is -0.307 e. The van der Waals surface area contributed by atoms with Crippen molar-refractivity contribution in [1.29, 1.82) is 0 Å². The van der Waals surface area contributed by atoms with E-state index >= 15 is 0 Å². The van der Waals surface area contributed by atoms with Gasteiger partial charge < -0.3 is 4.98 Å². The zero-order chi connectivity index (χ0) is 13.3. The summed E-state index contributed by atoms with van der Waals surface area (Å²) in [4.78, 5) is 26.2. The molecular weight excluding hydrogens is 249 g/mol. The van der Waals surface area contributed by atoms with Gasteiger partial charge in [-0.3, -0.25) is 9.78 Å². The number of nitrogens with one attached hydrogen (secondary N) is 2. The minimum atomic E-state index is -4.56. The molecule has 0 fully saturated rings. The van der Waals surface area contributed by atoms with Crippen molar-refractivity contribution in [2.75, 3.05) is 0 Å². The number of hydrogen-bond acceptors (Lipinski definition) is 2. The molecule has 2 aromatic rings. The summed E-state index contributed by atoms with van der Waals surface area (Å²) >= 11 is 0. The van der Waals surface area contributed by atoms with Gasteiger partial charge in [0.1, 0.15) is 0 Å². The van der Waals surface area contributed by atoms with E-state index in [1.807, 2.05) is 4.98 Å². The molecule has 18 heavy (non-hydrogen) atoms. The lowest BCUT2D eigenvalue weighted by atomic mass is 10.0. The molecule has 0 bridgehead atoms. The summed E-state index contributed by atoms with van der Waals surface area (Å²) in [6.45, 7) is 0. The molecule has 0 aliphatic rings. The molecule has 7 heteroatoms. The van der Waals surface area contributed by atoms with Gasteiger partial charge >= 0.3 is 11.9 Å². The molecule has 1 aromatic carbocycles. The number of benzene rings is 1. The van der Waals surface area contributed by atoms with Gasteiger partial charge in [-0.1, -0.05) is 18.2 Å². The van der Waals surface area contributed by atoms with Crippen molar-refractivity contribution in [3.63, 3.8) is 0 Å². The third-order valence-electron chi connectivity index (χ3n) is 2.28. The normalized spacial score (nSPS) is 11.5. The van der Waals surface area contributed by atoms with Crippen LogP contribution < -0.4 is 11.2 Å². The Morgan fingerprint density at radius 3 is 2.28 bits per heavy atom. The van der Waals surface area contributed by atoms with Crippen LogP contribution in [0.1, 0.15) is 5.56 Å². The summed E-state index contributed by atoms with van der Waals surface area (Å²) in [7, 11) is 0. The summed E-state index contributed by atoms with van der Waals surface area (Å²) < 4.78 is 38.3. The molecule has 2 rings (SSSR count). The molecule has 0 saturated heterocycles. The molecule has 2 N–H and O–H groups in total. The van der Waals surface area contributed by atoms with E-state index in [1.165, 1.54) is 18.2 Å². The van der Waals surface area contributed by atoms with Gasteiger partial charge in [-0.2, -0.15) is 13.2 Å². The second-order valence-corrected chi connectivity index (χ2v) is 3.54. The van der Waals surface area contributed by atoms with E-state index in [9.17, 15) is 22.8 Å². The lowest BCUT2D eigenvalue weighted by Crippen LogP contribution is -2.22. The summed E-state index contributed by atoms with van der Waals surface area (Å²) in [6.07, 6.45) is -4.56. The average molecular weight is 256 g/mol. The van der Waals surface area contributed by atoms with Crippen LogP contribution in [-0.2, 0) is 6.18 Å². The monoisotopic (exact) mass is 256 g/mol. The first-order chi connectivity index (χ1) is 8.38. The van der Waals surface area contributed by atoms with Crippen molar-refractivity contribution >= 4 is 0 Å². The number of halogens is 3. The van der Waals surface area contributed by atoms with Gasteiger partial charge in [-0.25, -0.2) is 4.79 Å². The van der Waals surface area contributed by atoms with Crippen molar-refractivity contribution < 1.29 is 13.2 Å². The minimum absolute atomic E-state index is 0.170. The first kappa shape index (κ1) is 12.2. The van der Waals surface area contributed by atoms with Crippen LogP contribution in [0.25, 0.3) is 11.3 Å². The predicted octanol–water partition coefficient (Wildman–Crippen LogP) is 1.75. The standard InChI is InChI=1S/C11H7F3N2O2/c12-11(13,14)7-4-2-1-3-6(7)8-5-9(17)16-10(18)15-8/h1-5H,(H2,15,16,17,18). The second-order valence-electron chi connectivity index (χ2n) is 3.54. The Hall–Kier alpha value is -2.31. The second kappa shape index (κ2) is 4.17. The van der Waals surface area contributed by atoms with Crippen LogP contribution in [-0.4, -0.2) is 9.97 Å². The van der Waals surface area contributed by atoms with Gasteiger partial charge in [0.15, 0.2) is 0 Å². The summed E-state index contributed by atoms with van der Waals surface area (Å²) in [5, 5.41) is 0. The Morgan fingerprint density at radius 1 is 1.00 bits per heavy atom. The molecule has 4 nitrogen and oxygen atoms in total. The number of aromatic amines is 2. The van der Waals surface area contributed by atoms with E-state index in [2.05, 4.69) is 4.98 Å². The van der Waals surface area contributed by atoms with E-state index in [1.54, 1.807) is 0 Å². The van der Waals surface area contributed by atoms with Crippen molar-refractivity contribution in [1.82, 2.24) is 9.97 Å². The van der Waals surface area contributed by atoms with Gasteiger partial charge in [0.25, 0.3) is 5.56 Å². The van der Waals surface area contributed by atoms with Crippen molar-refractivity contribution in [3.8, 4) is 11.3 Å². The molecule has 1 aromatic heterocycles. The zero-order valence-electron chi connectivity index (χ0n) is 8.84. The van der Waals surface area contributed by atoms with E-state index in [0.717, 1.165) is 12.1 Å². The van der Waals surface area contributed by atoms with Gasteiger partial charge in [0.2, 0.25) is 0 Å². The maximum Gasteiger partial charge on any atom is 0.417 e. The highest BCUT2D eigenvalue weighted by atomic mass is 19.4. The predicted molar refractivity (Wildman–Crippen MR) is 58.1 cm³/mol. The molecule has 0 unspecified atom stereocenters. The Balaban J connectivity index is 2.72. The lowest BCUT2D eigenvalue weighted by molar-refractivity contribution is -0.137. The smallest absolute Gasteiger partial charge is 0.307 e. The van der Waals surface area contributed by atoms with Crippen LogP contribution in [0.2, 0.25) is 0 Å². The maximum atomic E-state index is 12.8. The molecular formula is C11H7F3N2O2. The third kappa shape index (κ3) is 2.34. The zero-order valence-corrected chi connectivity index (χ0v) is 8.84. The maximum absolute atomic E-state index is 12.8. The van der Waals surface area contributed by atoms with Crippen LogP contribution in [0, 0.1) is 0 Å². The van der Waals surface area contributed by atoms with Crippen molar-refractivity contribution in [3.05, 3.63) is 56.7 Å². The molecule has 94 valence electrons. The largest absolute Gasteiger partial charge is 0.417 e. The molecule has 0 spiro atoms. The van der Waals surface area contributed by atoms with Gasteiger partial charge in [-0.05, 0) is 6.07 Å². The van der Waals surface area contributed by atoms with E-state index in [-0.39, 0.29) is 11.3 Å². The number of rotatable bonds is 1. The van der Waals surface area contributed by atoms with Gasteiger partial charge in [0.05, 0.1) is 11.3 Å². The topological polar surface area (TPSA) is 65.7 Å². The fraction of sp³-hybridized carbons (Fsp3) is 0.0909. The first-order valence-corrected chi connectivity index (χ1v) is 4.88. The SMILES string of the molecule is O=c1cc(-c2ccccc2C(F)(F)F)[nH]c(=O)[nH]1. The molecule has 0 aliphatic carbocycles. The van der Waals surface area contributed by atoms with Crippen LogP contribution in [0.5, 0.6) is 0 Å². The Morgan fingerprint density at radius 2 is 1.67 bits per heavy atom. The Labute approximate surface area is 98.1 Å². The highest BCUT2D eigenvalue weighted by Crippen LogP contribution is 2.35.